The van der Waals surface area contributed by atoms with Crippen LogP contribution < -0.4 is 10.0 Å². The summed E-state index contributed by atoms with van der Waals surface area (Å²) in [5, 5.41) is 2.61. The van der Waals surface area contributed by atoms with E-state index in [1.54, 1.807) is 6.07 Å². The van der Waals surface area contributed by atoms with Crippen LogP contribution in [0.25, 0.3) is 0 Å². The van der Waals surface area contributed by atoms with Gasteiger partial charge in [0.25, 0.3) is 5.91 Å². The summed E-state index contributed by atoms with van der Waals surface area (Å²) in [6.07, 6.45) is 0. The maximum Gasteiger partial charge on any atom is 0.291 e. The predicted octanol–water partition coefficient (Wildman–Crippen LogP) is 2.22. The average molecular weight is 403 g/mol. The Morgan fingerprint density at radius 1 is 1.22 bits per heavy atom. The van der Waals surface area contributed by atoms with Gasteiger partial charge in [0.2, 0.25) is 10.0 Å². The van der Waals surface area contributed by atoms with Crippen molar-refractivity contribution >= 4 is 37.5 Å². The van der Waals surface area contributed by atoms with Crippen LogP contribution >= 0.6 is 15.9 Å². The predicted molar refractivity (Wildman–Crippen MR) is 87.9 cm³/mol. The summed E-state index contributed by atoms with van der Waals surface area (Å²) in [6.45, 7) is 0.469. The van der Waals surface area contributed by atoms with E-state index in [0.717, 1.165) is 0 Å². The summed E-state index contributed by atoms with van der Waals surface area (Å²) in [6, 6.07) is 8.95. The summed E-state index contributed by atoms with van der Waals surface area (Å²) in [7, 11) is -2.10. The summed E-state index contributed by atoms with van der Waals surface area (Å²) in [4.78, 5) is 12.0. The quantitative estimate of drug-likeness (QED) is 0.691. The van der Waals surface area contributed by atoms with Gasteiger partial charge in [-0.1, -0.05) is 0 Å². The lowest BCUT2D eigenvalue weighted by Gasteiger charge is -2.08. The Labute approximate surface area is 142 Å². The number of hydrogen-bond acceptors (Lipinski definition) is 5. The molecule has 7 nitrogen and oxygen atoms in total. The molecule has 0 spiro atoms. The maximum absolute atomic E-state index is 12.0. The second-order valence-corrected chi connectivity index (χ2v) is 7.02. The van der Waals surface area contributed by atoms with Gasteiger partial charge in [0, 0.05) is 19.3 Å². The number of nitrogens with one attached hydrogen (secondary N) is 2. The van der Waals surface area contributed by atoms with Crippen molar-refractivity contribution in [2.75, 3.05) is 25.6 Å². The molecule has 0 unspecified atom stereocenters. The lowest BCUT2D eigenvalue weighted by atomic mass is 10.3. The Balaban J connectivity index is 2.03. The molecule has 0 saturated carbocycles. The molecule has 0 atom stereocenters. The molecule has 0 aliphatic carbocycles. The Morgan fingerprint density at radius 3 is 2.48 bits per heavy atom. The molecule has 1 amide bonds. The summed E-state index contributed by atoms with van der Waals surface area (Å²) in [5.41, 5.74) is 0.457. The summed E-state index contributed by atoms with van der Waals surface area (Å²) >= 11 is 3.11. The van der Waals surface area contributed by atoms with Crippen molar-refractivity contribution in [3.05, 3.63) is 46.8 Å². The molecule has 124 valence electrons. The van der Waals surface area contributed by atoms with E-state index in [2.05, 4.69) is 26.0 Å². The molecule has 9 heteroatoms. The number of amides is 1. The zero-order valence-electron chi connectivity index (χ0n) is 12.2. The van der Waals surface area contributed by atoms with Crippen molar-refractivity contribution in [3.63, 3.8) is 0 Å². The highest BCUT2D eigenvalue weighted by Gasteiger charge is 2.14. The summed E-state index contributed by atoms with van der Waals surface area (Å²) < 4.78 is 36.8. The van der Waals surface area contributed by atoms with E-state index >= 15 is 0 Å². The largest absolute Gasteiger partial charge is 0.444 e. The fraction of sp³-hybridized carbons (Fsp3) is 0.214. The number of ether oxygens (including phenoxy) is 1. The molecule has 2 rings (SSSR count). The third-order valence-corrected chi connectivity index (χ3v) is 4.72. The van der Waals surface area contributed by atoms with E-state index in [0.29, 0.717) is 10.4 Å². The third-order valence-electron chi connectivity index (χ3n) is 2.82. The monoisotopic (exact) mass is 402 g/mol. The minimum absolute atomic E-state index is 0.104. The molecule has 2 N–H and O–H groups in total. The maximum atomic E-state index is 12.0. The van der Waals surface area contributed by atoms with Crippen LogP contribution in [0.5, 0.6) is 0 Å². The molecule has 0 radical (unpaired) electrons. The van der Waals surface area contributed by atoms with Gasteiger partial charge in [-0.15, -0.1) is 0 Å². The van der Waals surface area contributed by atoms with Crippen molar-refractivity contribution in [3.8, 4) is 0 Å². The average Bonchev–Trinajstić information content (AvgIpc) is 2.95. The standard InChI is InChI=1S/C14H15BrN2O5S/c1-21-9-8-16-23(19,20)11-4-2-10(3-5-11)17-14(18)12-6-7-13(15)22-12/h2-7,16H,8-9H2,1H3,(H,17,18). The minimum Gasteiger partial charge on any atom is -0.444 e. The molecule has 1 aromatic carbocycles. The van der Waals surface area contributed by atoms with Gasteiger partial charge < -0.3 is 14.5 Å². The highest BCUT2D eigenvalue weighted by Crippen LogP contribution is 2.17. The van der Waals surface area contributed by atoms with E-state index in [1.807, 2.05) is 0 Å². The molecular weight excluding hydrogens is 388 g/mol. The smallest absolute Gasteiger partial charge is 0.291 e. The first kappa shape index (κ1) is 17.7. The van der Waals surface area contributed by atoms with Crippen LogP contribution in [0.1, 0.15) is 10.6 Å². The second kappa shape index (κ2) is 7.73. The van der Waals surface area contributed by atoms with E-state index in [-0.39, 0.29) is 23.8 Å². The number of sulfonamides is 1. The third kappa shape index (κ3) is 4.90. The summed E-state index contributed by atoms with van der Waals surface area (Å²) in [5.74, 6) is -0.278. The van der Waals surface area contributed by atoms with Crippen LogP contribution in [0.3, 0.4) is 0 Å². The van der Waals surface area contributed by atoms with Crippen LogP contribution in [0.2, 0.25) is 0 Å². The molecular formula is C14H15BrN2O5S. The second-order valence-electron chi connectivity index (χ2n) is 4.47. The lowest BCUT2D eigenvalue weighted by molar-refractivity contribution is 0.0995. The molecule has 23 heavy (non-hydrogen) atoms. The normalized spacial score (nSPS) is 11.4. The SMILES string of the molecule is COCCNS(=O)(=O)c1ccc(NC(=O)c2ccc(Br)o2)cc1. The minimum atomic E-state index is -3.59. The van der Waals surface area contributed by atoms with E-state index in [4.69, 9.17) is 9.15 Å². The number of carbonyl (C=O) groups is 1. The van der Waals surface area contributed by atoms with Crippen LogP contribution in [0, 0.1) is 0 Å². The zero-order chi connectivity index (χ0) is 16.9. The zero-order valence-corrected chi connectivity index (χ0v) is 14.6. The fourth-order valence-electron chi connectivity index (χ4n) is 1.71. The first-order valence-electron chi connectivity index (χ1n) is 6.58. The van der Waals surface area contributed by atoms with E-state index in [1.165, 1.54) is 37.4 Å². The number of methoxy groups -OCH3 is 1. The molecule has 0 fully saturated rings. The van der Waals surface area contributed by atoms with Gasteiger partial charge >= 0.3 is 0 Å². The number of halogens is 1. The number of furan rings is 1. The van der Waals surface area contributed by atoms with Gasteiger partial charge in [-0.25, -0.2) is 13.1 Å². The van der Waals surface area contributed by atoms with E-state index in [9.17, 15) is 13.2 Å². The van der Waals surface area contributed by atoms with Crippen LogP contribution in [0.15, 0.2) is 50.4 Å². The van der Waals surface area contributed by atoms with E-state index < -0.39 is 15.9 Å². The van der Waals surface area contributed by atoms with Gasteiger partial charge in [-0.05, 0) is 52.3 Å². The molecule has 0 bridgehead atoms. The Morgan fingerprint density at radius 2 is 1.91 bits per heavy atom. The van der Waals surface area contributed by atoms with Gasteiger partial charge in [0.05, 0.1) is 11.5 Å². The Hall–Kier alpha value is -1.68. The van der Waals surface area contributed by atoms with Crippen molar-refractivity contribution < 1.29 is 22.4 Å². The van der Waals surface area contributed by atoms with Gasteiger partial charge in [-0.2, -0.15) is 0 Å². The lowest BCUT2D eigenvalue weighted by Crippen LogP contribution is -2.27. The highest BCUT2D eigenvalue weighted by molar-refractivity contribution is 9.10. The first-order valence-corrected chi connectivity index (χ1v) is 8.85. The van der Waals surface area contributed by atoms with Crippen molar-refractivity contribution in [1.29, 1.82) is 0 Å². The van der Waals surface area contributed by atoms with Crippen molar-refractivity contribution in [1.82, 2.24) is 4.72 Å². The highest BCUT2D eigenvalue weighted by atomic mass is 79.9. The number of benzene rings is 1. The Bertz CT molecular complexity index is 771. The Kier molecular flexibility index (Phi) is 5.94. The molecule has 1 aromatic heterocycles. The van der Waals surface area contributed by atoms with Gasteiger partial charge in [0.1, 0.15) is 0 Å². The molecule has 0 aliphatic rings. The van der Waals surface area contributed by atoms with Gasteiger partial charge in [-0.3, -0.25) is 4.79 Å². The number of carbonyl (C=O) groups excluding carboxylic acids is 1. The van der Waals surface area contributed by atoms with Crippen molar-refractivity contribution in [2.24, 2.45) is 0 Å². The molecule has 0 saturated heterocycles. The number of anilines is 1. The van der Waals surface area contributed by atoms with Gasteiger partial charge in [0.15, 0.2) is 10.4 Å². The fourth-order valence-corrected chi connectivity index (χ4v) is 3.03. The number of hydrogen-bond donors (Lipinski definition) is 2. The molecule has 0 aliphatic heterocycles. The first-order chi connectivity index (χ1) is 10.9. The molecule has 2 aromatic rings. The van der Waals surface area contributed by atoms with Crippen LogP contribution in [0.4, 0.5) is 5.69 Å². The molecule has 1 heterocycles. The van der Waals surface area contributed by atoms with Crippen LogP contribution in [-0.4, -0.2) is 34.6 Å². The van der Waals surface area contributed by atoms with Crippen LogP contribution in [-0.2, 0) is 14.8 Å². The topological polar surface area (TPSA) is 97.6 Å². The van der Waals surface area contributed by atoms with Crippen molar-refractivity contribution in [2.45, 2.75) is 4.90 Å². The number of rotatable bonds is 7.